The molecule has 1 rings (SSSR count). The van der Waals surface area contributed by atoms with Gasteiger partial charge in [-0.05, 0) is 46.6 Å². The van der Waals surface area contributed by atoms with E-state index in [-0.39, 0.29) is 24.0 Å². The molecule has 1 atom stereocenters. The quantitative estimate of drug-likeness (QED) is 0.782. The maximum Gasteiger partial charge on any atom is 0.306 e. The summed E-state index contributed by atoms with van der Waals surface area (Å²) in [5, 5.41) is 3.43. The highest BCUT2D eigenvalue weighted by molar-refractivity contribution is 5.85. The van der Waals surface area contributed by atoms with Crippen molar-refractivity contribution in [2.75, 3.05) is 6.54 Å². The van der Waals surface area contributed by atoms with Gasteiger partial charge in [0.15, 0.2) is 0 Å². The third-order valence-electron chi connectivity index (χ3n) is 2.53. The van der Waals surface area contributed by atoms with Gasteiger partial charge < -0.3 is 10.1 Å². The lowest BCUT2D eigenvalue weighted by molar-refractivity contribution is -0.155. The lowest BCUT2D eigenvalue weighted by Gasteiger charge is -2.24. The van der Waals surface area contributed by atoms with E-state index < -0.39 is 0 Å². The third-order valence-corrected chi connectivity index (χ3v) is 2.53. The molecule has 4 heteroatoms. The van der Waals surface area contributed by atoms with E-state index in [0.29, 0.717) is 12.5 Å². The fraction of sp³-hybridized carbons (Fsp3) is 0.917. The zero-order valence-corrected chi connectivity index (χ0v) is 11.4. The Morgan fingerprint density at radius 3 is 2.56 bits per heavy atom. The molecular weight excluding hydrogens is 226 g/mol. The highest BCUT2D eigenvalue weighted by Gasteiger charge is 2.18. The summed E-state index contributed by atoms with van der Waals surface area (Å²) in [5.74, 6) is -0.0742. The first kappa shape index (κ1) is 15.7. The maximum atomic E-state index is 11.5. The first-order valence-corrected chi connectivity index (χ1v) is 5.92. The number of hydrogen-bond acceptors (Lipinski definition) is 3. The minimum atomic E-state index is -0.350. The summed E-state index contributed by atoms with van der Waals surface area (Å²) in [7, 11) is 0. The summed E-state index contributed by atoms with van der Waals surface area (Å²) in [6.45, 7) is 6.82. The van der Waals surface area contributed by atoms with Gasteiger partial charge in [-0.2, -0.15) is 0 Å². The third kappa shape index (κ3) is 7.07. The van der Waals surface area contributed by atoms with Gasteiger partial charge in [0.25, 0.3) is 0 Å². The Morgan fingerprint density at radius 2 is 2.06 bits per heavy atom. The number of esters is 1. The molecule has 0 amide bonds. The van der Waals surface area contributed by atoms with Crippen molar-refractivity contribution in [2.24, 2.45) is 0 Å². The molecule has 0 aromatic heterocycles. The van der Waals surface area contributed by atoms with E-state index >= 15 is 0 Å². The van der Waals surface area contributed by atoms with Crippen LogP contribution in [0.5, 0.6) is 0 Å². The summed E-state index contributed by atoms with van der Waals surface area (Å²) in [4.78, 5) is 11.5. The van der Waals surface area contributed by atoms with Gasteiger partial charge in [-0.15, -0.1) is 12.4 Å². The van der Waals surface area contributed by atoms with Crippen molar-refractivity contribution in [1.29, 1.82) is 0 Å². The molecule has 3 nitrogen and oxygen atoms in total. The van der Waals surface area contributed by atoms with Crippen LogP contribution in [0.15, 0.2) is 0 Å². The number of ether oxygens (including phenoxy) is 1. The first-order valence-electron chi connectivity index (χ1n) is 5.92. The minimum Gasteiger partial charge on any atom is -0.460 e. The van der Waals surface area contributed by atoms with Crippen molar-refractivity contribution in [1.82, 2.24) is 5.32 Å². The van der Waals surface area contributed by atoms with Crippen LogP contribution in [-0.2, 0) is 9.53 Å². The van der Waals surface area contributed by atoms with E-state index in [1.54, 1.807) is 0 Å². The number of carbonyl (C=O) groups is 1. The van der Waals surface area contributed by atoms with Crippen LogP contribution in [0.1, 0.15) is 52.9 Å². The molecule has 0 aliphatic carbocycles. The molecular formula is C12H24ClNO2. The maximum absolute atomic E-state index is 11.5. The van der Waals surface area contributed by atoms with Crippen molar-refractivity contribution in [3.8, 4) is 0 Å². The first-order chi connectivity index (χ1) is 6.97. The number of rotatable bonds is 3. The van der Waals surface area contributed by atoms with Crippen LogP contribution >= 0.6 is 12.4 Å². The van der Waals surface area contributed by atoms with E-state index in [1.165, 1.54) is 19.3 Å². The summed E-state index contributed by atoms with van der Waals surface area (Å²) < 4.78 is 5.26. The predicted octanol–water partition coefficient (Wildman–Crippen LogP) is 2.67. The second-order valence-corrected chi connectivity index (χ2v) is 5.27. The SMILES string of the molecule is CC(C)(C)OC(=O)CCC1CCCCN1.Cl. The van der Waals surface area contributed by atoms with Gasteiger partial charge in [0, 0.05) is 12.5 Å². The molecule has 1 unspecified atom stereocenters. The lowest BCUT2D eigenvalue weighted by atomic mass is 10.0. The molecule has 1 N–H and O–H groups in total. The average Bonchev–Trinajstić information content (AvgIpc) is 2.14. The second-order valence-electron chi connectivity index (χ2n) is 5.27. The Labute approximate surface area is 105 Å². The monoisotopic (exact) mass is 249 g/mol. The molecule has 96 valence electrons. The Morgan fingerprint density at radius 1 is 1.38 bits per heavy atom. The number of hydrogen-bond donors (Lipinski definition) is 1. The van der Waals surface area contributed by atoms with Crippen LogP contribution in [0.4, 0.5) is 0 Å². The van der Waals surface area contributed by atoms with Gasteiger partial charge in [-0.1, -0.05) is 6.42 Å². The number of piperidine rings is 1. The van der Waals surface area contributed by atoms with Gasteiger partial charge in [0.2, 0.25) is 0 Å². The summed E-state index contributed by atoms with van der Waals surface area (Å²) in [6, 6.07) is 0.520. The smallest absolute Gasteiger partial charge is 0.306 e. The van der Waals surface area contributed by atoms with E-state index in [9.17, 15) is 4.79 Å². The van der Waals surface area contributed by atoms with Crippen LogP contribution < -0.4 is 5.32 Å². The van der Waals surface area contributed by atoms with Crippen LogP contribution in [0.3, 0.4) is 0 Å². The molecule has 16 heavy (non-hydrogen) atoms. The van der Waals surface area contributed by atoms with Gasteiger partial charge in [0.05, 0.1) is 0 Å². The van der Waals surface area contributed by atoms with E-state index in [4.69, 9.17) is 4.74 Å². The Kier molecular flexibility index (Phi) is 7.00. The zero-order chi connectivity index (χ0) is 11.3. The fourth-order valence-electron chi connectivity index (χ4n) is 1.86. The molecule has 0 aromatic rings. The molecule has 1 aliphatic rings. The highest BCUT2D eigenvalue weighted by atomic mass is 35.5. The normalized spacial score (nSPS) is 21.1. The number of nitrogens with one attached hydrogen (secondary N) is 1. The van der Waals surface area contributed by atoms with Gasteiger partial charge in [-0.25, -0.2) is 0 Å². The number of carbonyl (C=O) groups excluding carboxylic acids is 1. The minimum absolute atomic E-state index is 0. The topological polar surface area (TPSA) is 38.3 Å². The zero-order valence-electron chi connectivity index (χ0n) is 10.5. The van der Waals surface area contributed by atoms with Gasteiger partial charge in [-0.3, -0.25) is 4.79 Å². The standard InChI is InChI=1S/C12H23NO2.ClH/c1-12(2,3)15-11(14)8-7-10-6-4-5-9-13-10;/h10,13H,4-9H2,1-3H3;1H. The highest BCUT2D eigenvalue weighted by Crippen LogP contribution is 2.14. The largest absolute Gasteiger partial charge is 0.460 e. The molecule has 0 aromatic carbocycles. The molecule has 0 bridgehead atoms. The Balaban J connectivity index is 0.00000225. The second kappa shape index (κ2) is 7.13. The molecule has 1 aliphatic heterocycles. The van der Waals surface area contributed by atoms with Crippen molar-refractivity contribution in [3.05, 3.63) is 0 Å². The van der Waals surface area contributed by atoms with Crippen LogP contribution in [0.2, 0.25) is 0 Å². The molecule has 1 heterocycles. The van der Waals surface area contributed by atoms with E-state index in [1.807, 2.05) is 20.8 Å². The van der Waals surface area contributed by atoms with Crippen LogP contribution in [0, 0.1) is 0 Å². The molecule has 0 radical (unpaired) electrons. The Bertz CT molecular complexity index is 208. The summed E-state index contributed by atoms with van der Waals surface area (Å²) >= 11 is 0. The van der Waals surface area contributed by atoms with Crippen molar-refractivity contribution in [3.63, 3.8) is 0 Å². The van der Waals surface area contributed by atoms with Gasteiger partial charge >= 0.3 is 5.97 Å². The number of halogens is 1. The lowest BCUT2D eigenvalue weighted by Crippen LogP contribution is -2.34. The van der Waals surface area contributed by atoms with Crippen molar-refractivity contribution < 1.29 is 9.53 Å². The van der Waals surface area contributed by atoms with Crippen molar-refractivity contribution in [2.45, 2.75) is 64.5 Å². The summed E-state index contributed by atoms with van der Waals surface area (Å²) in [6.07, 6.45) is 5.20. The molecule has 1 fully saturated rings. The fourth-order valence-corrected chi connectivity index (χ4v) is 1.86. The summed E-state index contributed by atoms with van der Waals surface area (Å²) in [5.41, 5.74) is -0.350. The van der Waals surface area contributed by atoms with Crippen LogP contribution in [-0.4, -0.2) is 24.2 Å². The molecule has 0 spiro atoms. The van der Waals surface area contributed by atoms with E-state index in [2.05, 4.69) is 5.32 Å². The average molecular weight is 250 g/mol. The Hall–Kier alpha value is -0.280. The van der Waals surface area contributed by atoms with Crippen LogP contribution in [0.25, 0.3) is 0 Å². The van der Waals surface area contributed by atoms with E-state index in [0.717, 1.165) is 13.0 Å². The molecule has 1 saturated heterocycles. The molecule has 0 saturated carbocycles. The predicted molar refractivity (Wildman–Crippen MR) is 68.0 cm³/mol. The van der Waals surface area contributed by atoms with Crippen molar-refractivity contribution >= 4 is 18.4 Å². The van der Waals surface area contributed by atoms with Gasteiger partial charge in [0.1, 0.15) is 5.60 Å².